The van der Waals surface area contributed by atoms with Gasteiger partial charge in [-0.3, -0.25) is 4.68 Å². The highest BCUT2D eigenvalue weighted by Gasteiger charge is 2.07. The number of aromatic nitrogens is 4. The zero-order chi connectivity index (χ0) is 12.5. The van der Waals surface area contributed by atoms with Crippen LogP contribution in [0.5, 0.6) is 0 Å². The van der Waals surface area contributed by atoms with Crippen molar-refractivity contribution in [3.8, 4) is 0 Å². The molecule has 1 N–H and O–H groups in total. The van der Waals surface area contributed by atoms with E-state index in [0.29, 0.717) is 6.54 Å². The van der Waals surface area contributed by atoms with Crippen molar-refractivity contribution in [2.45, 2.75) is 13.5 Å². The molecule has 0 bridgehead atoms. The summed E-state index contributed by atoms with van der Waals surface area (Å²) in [4.78, 5) is 10.8. The number of aryl methyl sites for hydroxylation is 2. The van der Waals surface area contributed by atoms with Gasteiger partial charge in [-0.2, -0.15) is 5.10 Å². The van der Waals surface area contributed by atoms with Gasteiger partial charge in [-0.15, -0.1) is 11.3 Å². The minimum absolute atomic E-state index is 0.706. The molecule has 0 amide bonds. The summed E-state index contributed by atoms with van der Waals surface area (Å²) in [6.07, 6.45) is 3.39. The first kappa shape index (κ1) is 11.2. The van der Waals surface area contributed by atoms with Crippen molar-refractivity contribution in [2.24, 2.45) is 7.05 Å². The van der Waals surface area contributed by atoms with Gasteiger partial charge in [-0.1, -0.05) is 0 Å². The lowest BCUT2D eigenvalue weighted by Crippen LogP contribution is -2.06. The molecular formula is C12H13N5S. The molecule has 0 unspecified atom stereocenters. The van der Waals surface area contributed by atoms with E-state index in [-0.39, 0.29) is 0 Å². The van der Waals surface area contributed by atoms with Crippen LogP contribution in [0.15, 0.2) is 24.7 Å². The molecule has 3 aromatic heterocycles. The zero-order valence-corrected chi connectivity index (χ0v) is 11.0. The van der Waals surface area contributed by atoms with E-state index < -0.39 is 0 Å². The first-order valence-electron chi connectivity index (χ1n) is 5.66. The van der Waals surface area contributed by atoms with Crippen molar-refractivity contribution in [3.63, 3.8) is 0 Å². The third kappa shape index (κ3) is 1.95. The lowest BCUT2D eigenvalue weighted by Gasteiger charge is -2.06. The van der Waals surface area contributed by atoms with Gasteiger partial charge < -0.3 is 5.32 Å². The number of hydrogen-bond donors (Lipinski definition) is 1. The van der Waals surface area contributed by atoms with E-state index in [0.717, 1.165) is 21.7 Å². The molecule has 3 heterocycles. The van der Waals surface area contributed by atoms with Crippen LogP contribution in [0.2, 0.25) is 0 Å². The average Bonchev–Trinajstić information content (AvgIpc) is 2.91. The maximum absolute atomic E-state index is 4.30. The van der Waals surface area contributed by atoms with Gasteiger partial charge in [-0.25, -0.2) is 9.97 Å². The van der Waals surface area contributed by atoms with Crippen LogP contribution in [0.4, 0.5) is 5.82 Å². The molecule has 0 spiro atoms. The summed E-state index contributed by atoms with van der Waals surface area (Å²) < 4.78 is 1.85. The predicted molar refractivity (Wildman–Crippen MR) is 72.7 cm³/mol. The third-order valence-electron chi connectivity index (χ3n) is 2.81. The maximum Gasteiger partial charge on any atom is 0.138 e. The van der Waals surface area contributed by atoms with Gasteiger partial charge in [-0.05, 0) is 19.1 Å². The smallest absolute Gasteiger partial charge is 0.138 e. The molecule has 0 saturated carbocycles. The highest BCUT2D eigenvalue weighted by atomic mass is 32.1. The summed E-state index contributed by atoms with van der Waals surface area (Å²) in [6, 6.07) is 4.11. The van der Waals surface area contributed by atoms with E-state index in [1.165, 1.54) is 4.88 Å². The molecule has 3 aromatic rings. The van der Waals surface area contributed by atoms with Crippen molar-refractivity contribution in [3.05, 3.63) is 35.2 Å². The fourth-order valence-electron chi connectivity index (χ4n) is 1.87. The summed E-state index contributed by atoms with van der Waals surface area (Å²) in [5, 5.41) is 8.57. The second-order valence-electron chi connectivity index (χ2n) is 4.10. The fraction of sp³-hybridized carbons (Fsp3) is 0.250. The summed E-state index contributed by atoms with van der Waals surface area (Å²) in [6.45, 7) is 2.79. The molecule has 0 aliphatic carbocycles. The van der Waals surface area contributed by atoms with Crippen molar-refractivity contribution in [1.29, 1.82) is 0 Å². The Kier molecular flexibility index (Phi) is 2.71. The number of rotatable bonds is 3. The Morgan fingerprint density at radius 3 is 3.06 bits per heavy atom. The average molecular weight is 259 g/mol. The largest absolute Gasteiger partial charge is 0.364 e. The first-order valence-corrected chi connectivity index (χ1v) is 6.47. The summed E-state index contributed by atoms with van der Waals surface area (Å²) in [5.74, 6) is 0.880. The quantitative estimate of drug-likeness (QED) is 0.784. The Hall–Kier alpha value is -1.95. The normalized spacial score (nSPS) is 11.0. The molecule has 6 heteroatoms. The summed E-state index contributed by atoms with van der Waals surface area (Å²) in [5.41, 5.74) is 1.12. The van der Waals surface area contributed by atoms with Crippen LogP contribution < -0.4 is 5.32 Å². The van der Waals surface area contributed by atoms with Gasteiger partial charge in [0, 0.05) is 18.1 Å². The number of hydrogen-bond acceptors (Lipinski definition) is 5. The minimum Gasteiger partial charge on any atom is -0.364 e. The predicted octanol–water partition coefficient (Wildman–Crippen LogP) is 2.35. The van der Waals surface area contributed by atoms with Crippen LogP contribution in [0, 0.1) is 6.92 Å². The van der Waals surface area contributed by atoms with E-state index >= 15 is 0 Å². The van der Waals surface area contributed by atoms with Crippen molar-refractivity contribution in [1.82, 2.24) is 19.7 Å². The Morgan fingerprint density at radius 1 is 1.39 bits per heavy atom. The van der Waals surface area contributed by atoms with Crippen molar-refractivity contribution < 1.29 is 0 Å². The minimum atomic E-state index is 0.706. The molecule has 3 rings (SSSR count). The third-order valence-corrected chi connectivity index (χ3v) is 3.77. The first-order chi connectivity index (χ1) is 8.74. The van der Waals surface area contributed by atoms with Crippen molar-refractivity contribution in [2.75, 3.05) is 5.32 Å². The number of anilines is 1. The van der Waals surface area contributed by atoms with Crippen LogP contribution >= 0.6 is 11.3 Å². The molecule has 92 valence electrons. The number of nitrogens with zero attached hydrogens (tertiary/aromatic N) is 4. The monoisotopic (exact) mass is 259 g/mol. The van der Waals surface area contributed by atoms with Crippen LogP contribution in [0.1, 0.15) is 10.6 Å². The lowest BCUT2D eigenvalue weighted by atomic mass is 10.3. The van der Waals surface area contributed by atoms with Gasteiger partial charge in [0.15, 0.2) is 0 Å². The Labute approximate surface area is 109 Å². The Bertz CT molecular complexity index is 685. The molecule has 0 fully saturated rings. The summed E-state index contributed by atoms with van der Waals surface area (Å²) in [7, 11) is 1.93. The zero-order valence-electron chi connectivity index (χ0n) is 10.2. The van der Waals surface area contributed by atoms with Gasteiger partial charge in [0.2, 0.25) is 0 Å². The van der Waals surface area contributed by atoms with Crippen LogP contribution in [-0.4, -0.2) is 19.7 Å². The fourth-order valence-corrected chi connectivity index (χ4v) is 2.71. The highest BCUT2D eigenvalue weighted by molar-refractivity contribution is 7.18. The Morgan fingerprint density at radius 2 is 2.28 bits per heavy atom. The van der Waals surface area contributed by atoms with E-state index in [2.05, 4.69) is 33.4 Å². The molecule has 18 heavy (non-hydrogen) atoms. The van der Waals surface area contributed by atoms with Gasteiger partial charge in [0.25, 0.3) is 0 Å². The van der Waals surface area contributed by atoms with E-state index in [1.807, 2.05) is 17.8 Å². The molecule has 0 radical (unpaired) electrons. The van der Waals surface area contributed by atoms with Crippen LogP contribution in [-0.2, 0) is 13.6 Å². The maximum atomic E-state index is 4.30. The van der Waals surface area contributed by atoms with Gasteiger partial charge in [0.05, 0.1) is 17.6 Å². The standard InChI is InChI=1S/C12H13N5S/c1-8-5-10-11(14-7-15-12(10)18-8)13-6-9-3-4-16-17(9)2/h3-5,7H,6H2,1-2H3,(H,13,14,15). The molecule has 0 atom stereocenters. The van der Waals surface area contributed by atoms with E-state index in [9.17, 15) is 0 Å². The lowest BCUT2D eigenvalue weighted by molar-refractivity contribution is 0.720. The molecule has 5 nitrogen and oxygen atoms in total. The second kappa shape index (κ2) is 4.38. The molecule has 0 aliphatic rings. The van der Waals surface area contributed by atoms with E-state index in [4.69, 9.17) is 0 Å². The van der Waals surface area contributed by atoms with E-state index in [1.54, 1.807) is 23.9 Å². The number of nitrogens with one attached hydrogen (secondary N) is 1. The van der Waals surface area contributed by atoms with Crippen molar-refractivity contribution >= 4 is 27.4 Å². The second-order valence-corrected chi connectivity index (χ2v) is 5.33. The molecule has 0 saturated heterocycles. The number of thiophene rings is 1. The molecular weight excluding hydrogens is 246 g/mol. The molecule has 0 aromatic carbocycles. The van der Waals surface area contributed by atoms with Gasteiger partial charge >= 0.3 is 0 Å². The highest BCUT2D eigenvalue weighted by Crippen LogP contribution is 2.27. The molecule has 0 aliphatic heterocycles. The topological polar surface area (TPSA) is 55.6 Å². The van der Waals surface area contributed by atoms with Crippen LogP contribution in [0.3, 0.4) is 0 Å². The van der Waals surface area contributed by atoms with Gasteiger partial charge in [0.1, 0.15) is 17.0 Å². The Balaban J connectivity index is 1.88. The SMILES string of the molecule is Cc1cc2c(NCc3ccnn3C)ncnc2s1. The van der Waals surface area contributed by atoms with Crippen LogP contribution in [0.25, 0.3) is 10.2 Å². The number of fused-ring (bicyclic) bond motifs is 1. The summed E-state index contributed by atoms with van der Waals surface area (Å²) >= 11 is 1.68.